The first-order valence-electron chi connectivity index (χ1n) is 4.21. The van der Waals surface area contributed by atoms with Gasteiger partial charge in [0.25, 0.3) is 0 Å². The summed E-state index contributed by atoms with van der Waals surface area (Å²) >= 11 is 3.31. The van der Waals surface area contributed by atoms with Gasteiger partial charge in [-0.05, 0) is 23.8 Å². The van der Waals surface area contributed by atoms with Gasteiger partial charge in [-0.3, -0.25) is 10.1 Å². The summed E-state index contributed by atoms with van der Waals surface area (Å²) < 4.78 is 5.83. The third-order valence-electron chi connectivity index (χ3n) is 1.86. The molecule has 0 unspecified atom stereocenters. The maximum absolute atomic E-state index is 10.5. The summed E-state index contributed by atoms with van der Waals surface area (Å²) in [4.78, 5) is 10.0. The maximum Gasteiger partial charge on any atom is 0.243 e. The van der Waals surface area contributed by atoms with Gasteiger partial charge >= 0.3 is 0 Å². The zero-order valence-corrected chi connectivity index (χ0v) is 9.95. The Kier molecular flexibility index (Phi) is 3.85. The van der Waals surface area contributed by atoms with Gasteiger partial charge in [-0.15, -0.1) is 0 Å². The van der Waals surface area contributed by atoms with Crippen LogP contribution in [-0.4, -0.2) is 12.0 Å². The third kappa shape index (κ3) is 3.06. The smallest absolute Gasteiger partial charge is 0.243 e. The summed E-state index contributed by atoms with van der Waals surface area (Å²) in [6.45, 7) is 1.45. The fourth-order valence-corrected chi connectivity index (χ4v) is 1.40. The second-order valence-electron chi connectivity index (χ2n) is 2.93. The van der Waals surface area contributed by atoms with Gasteiger partial charge in [0.2, 0.25) is 5.70 Å². The van der Waals surface area contributed by atoms with Crippen molar-refractivity contribution < 1.29 is 9.66 Å². The summed E-state index contributed by atoms with van der Waals surface area (Å²) in [6.07, 6.45) is 1.49. The SMILES string of the molecule is COc1ccc(Br)c(/C=C(/C)[N+](=O)[O-])c1. The van der Waals surface area contributed by atoms with Crippen molar-refractivity contribution in [1.82, 2.24) is 0 Å². The highest BCUT2D eigenvalue weighted by Crippen LogP contribution is 2.24. The molecule has 0 spiro atoms. The van der Waals surface area contributed by atoms with E-state index in [1.165, 1.54) is 13.0 Å². The lowest BCUT2D eigenvalue weighted by molar-refractivity contribution is -0.422. The molecule has 1 aromatic rings. The Morgan fingerprint density at radius 1 is 1.60 bits per heavy atom. The van der Waals surface area contributed by atoms with Gasteiger partial charge in [0.15, 0.2) is 0 Å². The quantitative estimate of drug-likeness (QED) is 0.627. The number of ether oxygens (including phenoxy) is 1. The van der Waals surface area contributed by atoms with Crippen LogP contribution in [0.3, 0.4) is 0 Å². The number of methoxy groups -OCH3 is 1. The number of halogens is 1. The molecule has 0 atom stereocenters. The third-order valence-corrected chi connectivity index (χ3v) is 2.58. The molecule has 0 N–H and O–H groups in total. The Bertz CT molecular complexity index is 415. The van der Waals surface area contributed by atoms with Gasteiger partial charge in [-0.25, -0.2) is 0 Å². The van der Waals surface area contributed by atoms with Crippen molar-refractivity contribution in [3.05, 3.63) is 44.0 Å². The van der Waals surface area contributed by atoms with Gasteiger partial charge in [0, 0.05) is 17.5 Å². The van der Waals surface area contributed by atoms with E-state index in [0.29, 0.717) is 5.75 Å². The molecule has 4 nitrogen and oxygen atoms in total. The first-order chi connectivity index (χ1) is 7.04. The molecule has 0 aliphatic carbocycles. The highest BCUT2D eigenvalue weighted by molar-refractivity contribution is 9.10. The summed E-state index contributed by atoms with van der Waals surface area (Å²) in [7, 11) is 1.55. The molecule has 1 rings (SSSR count). The molecule has 0 saturated heterocycles. The van der Waals surface area contributed by atoms with Crippen LogP contribution in [0.2, 0.25) is 0 Å². The van der Waals surface area contributed by atoms with Crippen LogP contribution >= 0.6 is 15.9 Å². The first kappa shape index (κ1) is 11.7. The maximum atomic E-state index is 10.5. The van der Waals surface area contributed by atoms with E-state index in [4.69, 9.17) is 4.74 Å². The van der Waals surface area contributed by atoms with E-state index in [1.807, 2.05) is 0 Å². The molecule has 0 bridgehead atoms. The number of rotatable bonds is 3. The van der Waals surface area contributed by atoms with Gasteiger partial charge in [-0.2, -0.15) is 0 Å². The Morgan fingerprint density at radius 3 is 2.80 bits per heavy atom. The van der Waals surface area contributed by atoms with Crippen LogP contribution in [0.4, 0.5) is 0 Å². The molecule has 0 aromatic heterocycles. The predicted molar refractivity (Wildman–Crippen MR) is 61.3 cm³/mol. The number of allylic oxidation sites excluding steroid dienone is 1. The standard InChI is InChI=1S/C10H10BrNO3/c1-7(12(13)14)5-8-6-9(15-2)3-4-10(8)11/h3-6H,1-2H3/b7-5-. The van der Waals surface area contributed by atoms with Gasteiger partial charge < -0.3 is 4.74 Å². The molecular weight excluding hydrogens is 262 g/mol. The minimum atomic E-state index is -0.425. The van der Waals surface area contributed by atoms with Crippen LogP contribution in [0.15, 0.2) is 28.4 Å². The lowest BCUT2D eigenvalue weighted by Gasteiger charge is -2.02. The van der Waals surface area contributed by atoms with Gasteiger partial charge in [-0.1, -0.05) is 15.9 Å². The minimum Gasteiger partial charge on any atom is -0.497 e. The molecule has 0 aliphatic rings. The first-order valence-corrected chi connectivity index (χ1v) is 5.00. The van der Waals surface area contributed by atoms with Crippen LogP contribution < -0.4 is 4.74 Å². The van der Waals surface area contributed by atoms with E-state index < -0.39 is 4.92 Å². The molecule has 0 heterocycles. The Hall–Kier alpha value is -1.36. The van der Waals surface area contributed by atoms with Crippen molar-refractivity contribution in [2.45, 2.75) is 6.92 Å². The topological polar surface area (TPSA) is 52.4 Å². The van der Waals surface area contributed by atoms with Crippen LogP contribution in [0.1, 0.15) is 12.5 Å². The van der Waals surface area contributed by atoms with Crippen molar-refractivity contribution in [2.24, 2.45) is 0 Å². The Balaban J connectivity index is 3.13. The van der Waals surface area contributed by atoms with Gasteiger partial charge in [0.1, 0.15) is 5.75 Å². The second kappa shape index (κ2) is 4.93. The fraction of sp³-hybridized carbons (Fsp3) is 0.200. The van der Waals surface area contributed by atoms with Crippen LogP contribution in [0.25, 0.3) is 6.08 Å². The van der Waals surface area contributed by atoms with Crippen molar-refractivity contribution in [2.75, 3.05) is 7.11 Å². The zero-order chi connectivity index (χ0) is 11.4. The zero-order valence-electron chi connectivity index (χ0n) is 8.36. The molecule has 15 heavy (non-hydrogen) atoms. The summed E-state index contributed by atoms with van der Waals surface area (Å²) in [6, 6.07) is 5.30. The number of hydrogen-bond donors (Lipinski definition) is 0. The van der Waals surface area contributed by atoms with Crippen molar-refractivity contribution in [3.8, 4) is 5.75 Å². The predicted octanol–water partition coefficient (Wildman–Crippen LogP) is 3.10. The summed E-state index contributed by atoms with van der Waals surface area (Å²) in [5, 5.41) is 10.5. The van der Waals surface area contributed by atoms with E-state index in [2.05, 4.69) is 15.9 Å². The van der Waals surface area contributed by atoms with E-state index in [0.717, 1.165) is 10.0 Å². The van der Waals surface area contributed by atoms with Crippen LogP contribution in [-0.2, 0) is 0 Å². The highest BCUT2D eigenvalue weighted by atomic mass is 79.9. The number of hydrogen-bond acceptors (Lipinski definition) is 3. The van der Waals surface area contributed by atoms with Crippen molar-refractivity contribution >= 4 is 22.0 Å². The summed E-state index contributed by atoms with van der Waals surface area (Å²) in [5.41, 5.74) is 0.813. The van der Waals surface area contributed by atoms with Crippen LogP contribution in [0, 0.1) is 10.1 Å². The van der Waals surface area contributed by atoms with E-state index in [1.54, 1.807) is 25.3 Å². The number of nitrogens with zero attached hydrogens (tertiary/aromatic N) is 1. The normalized spacial score (nSPS) is 11.3. The molecular formula is C10H10BrNO3. The molecule has 0 radical (unpaired) electrons. The monoisotopic (exact) mass is 271 g/mol. The Labute approximate surface area is 95.8 Å². The minimum absolute atomic E-state index is 0.0870. The molecule has 1 aromatic carbocycles. The fourth-order valence-electron chi connectivity index (χ4n) is 1.04. The molecule has 0 amide bonds. The number of benzene rings is 1. The number of nitro groups is 1. The molecule has 0 aliphatic heterocycles. The highest BCUT2D eigenvalue weighted by Gasteiger charge is 2.05. The second-order valence-corrected chi connectivity index (χ2v) is 3.78. The molecule has 0 fully saturated rings. The van der Waals surface area contributed by atoms with Crippen molar-refractivity contribution in [3.63, 3.8) is 0 Å². The summed E-state index contributed by atoms with van der Waals surface area (Å²) in [5.74, 6) is 0.667. The van der Waals surface area contributed by atoms with E-state index in [-0.39, 0.29) is 5.70 Å². The molecule has 5 heteroatoms. The lowest BCUT2D eigenvalue weighted by atomic mass is 10.2. The largest absolute Gasteiger partial charge is 0.497 e. The van der Waals surface area contributed by atoms with Crippen LogP contribution in [0.5, 0.6) is 5.75 Å². The average molecular weight is 272 g/mol. The molecule has 0 saturated carbocycles. The molecule has 80 valence electrons. The van der Waals surface area contributed by atoms with Crippen molar-refractivity contribution in [1.29, 1.82) is 0 Å². The average Bonchev–Trinajstić information content (AvgIpc) is 2.21. The Morgan fingerprint density at radius 2 is 2.27 bits per heavy atom. The van der Waals surface area contributed by atoms with Gasteiger partial charge in [0.05, 0.1) is 12.0 Å². The van der Waals surface area contributed by atoms with E-state index >= 15 is 0 Å². The lowest BCUT2D eigenvalue weighted by Crippen LogP contribution is -1.93. The van der Waals surface area contributed by atoms with E-state index in [9.17, 15) is 10.1 Å².